The summed E-state index contributed by atoms with van der Waals surface area (Å²) in [5.41, 5.74) is 3.87. The maximum atomic E-state index is 6.02. The van der Waals surface area contributed by atoms with E-state index in [9.17, 15) is 0 Å². The quantitative estimate of drug-likeness (QED) is 0.343. The maximum absolute atomic E-state index is 6.02. The number of imidazole rings is 1. The van der Waals surface area contributed by atoms with E-state index < -0.39 is 0 Å². The van der Waals surface area contributed by atoms with Crippen LogP contribution in [-0.2, 0) is 5.54 Å². The molecule has 1 N–H and O–H groups in total. The molecular weight excluding hydrogens is 416 g/mol. The fraction of sp³-hybridized carbons (Fsp3) is 0.308. The van der Waals surface area contributed by atoms with Gasteiger partial charge in [-0.2, -0.15) is 0 Å². The summed E-state index contributed by atoms with van der Waals surface area (Å²) in [5, 5.41) is 4.48. The molecule has 1 aliphatic heterocycles. The number of aromatic nitrogens is 3. The SMILES string of the molecule is CC(C)(c1nc2ccccc2[nH]1)N1CCC(c2nc(-c3cc4ccccc4o3)cs2)CC1. The highest BCUT2D eigenvalue weighted by atomic mass is 32.1. The van der Waals surface area contributed by atoms with Gasteiger partial charge in [-0.25, -0.2) is 9.97 Å². The minimum absolute atomic E-state index is 0.133. The van der Waals surface area contributed by atoms with E-state index in [2.05, 4.69) is 59.4 Å². The van der Waals surface area contributed by atoms with Crippen LogP contribution in [0.4, 0.5) is 0 Å². The second-order valence-electron chi connectivity index (χ2n) is 9.14. The number of thiazole rings is 1. The number of nitrogens with zero attached hydrogens (tertiary/aromatic N) is 3. The molecule has 0 unspecified atom stereocenters. The fourth-order valence-corrected chi connectivity index (χ4v) is 5.75. The molecule has 5 aromatic rings. The summed E-state index contributed by atoms with van der Waals surface area (Å²) in [6.45, 7) is 6.62. The number of nitrogens with one attached hydrogen (secondary N) is 1. The van der Waals surface area contributed by atoms with Crippen LogP contribution < -0.4 is 0 Å². The number of piperidine rings is 1. The van der Waals surface area contributed by atoms with E-state index in [1.54, 1.807) is 11.3 Å². The Bertz CT molecular complexity index is 1320. The van der Waals surface area contributed by atoms with Gasteiger partial charge in [0, 0.05) is 16.7 Å². The number of para-hydroxylation sites is 3. The van der Waals surface area contributed by atoms with Gasteiger partial charge in [-0.3, -0.25) is 4.90 Å². The van der Waals surface area contributed by atoms with Crippen molar-refractivity contribution >= 4 is 33.3 Å². The monoisotopic (exact) mass is 442 g/mol. The van der Waals surface area contributed by atoms with Gasteiger partial charge in [0.05, 0.1) is 21.6 Å². The lowest BCUT2D eigenvalue weighted by molar-refractivity contribution is 0.0804. The van der Waals surface area contributed by atoms with Crippen LogP contribution in [0, 0.1) is 0 Å². The number of benzene rings is 2. The molecule has 6 heteroatoms. The minimum atomic E-state index is -0.133. The molecule has 2 aromatic carbocycles. The van der Waals surface area contributed by atoms with Crippen molar-refractivity contribution in [3.05, 3.63) is 70.8 Å². The average Bonchev–Trinajstić information content (AvgIpc) is 3.56. The summed E-state index contributed by atoms with van der Waals surface area (Å²) in [4.78, 5) is 15.9. The first-order valence-corrected chi connectivity index (χ1v) is 12.1. The van der Waals surface area contributed by atoms with Crippen LogP contribution in [0.2, 0.25) is 0 Å². The number of fused-ring (bicyclic) bond motifs is 2. The summed E-state index contributed by atoms with van der Waals surface area (Å²) in [6, 6.07) is 18.5. The van der Waals surface area contributed by atoms with Crippen LogP contribution in [0.3, 0.4) is 0 Å². The molecule has 0 amide bonds. The molecule has 0 spiro atoms. The Morgan fingerprint density at radius 1 is 1.03 bits per heavy atom. The zero-order valence-electron chi connectivity index (χ0n) is 18.3. The van der Waals surface area contributed by atoms with Crippen LogP contribution in [0.25, 0.3) is 33.5 Å². The third kappa shape index (κ3) is 3.34. The summed E-state index contributed by atoms with van der Waals surface area (Å²) in [5.74, 6) is 2.40. The predicted molar refractivity (Wildman–Crippen MR) is 130 cm³/mol. The van der Waals surface area contributed by atoms with E-state index in [0.717, 1.165) is 65.2 Å². The van der Waals surface area contributed by atoms with Gasteiger partial charge < -0.3 is 9.40 Å². The Morgan fingerprint density at radius 3 is 2.62 bits per heavy atom. The van der Waals surface area contributed by atoms with Crippen LogP contribution in [0.1, 0.15) is 43.4 Å². The van der Waals surface area contributed by atoms with E-state index in [1.165, 1.54) is 5.01 Å². The lowest BCUT2D eigenvalue weighted by Gasteiger charge is -2.41. The Kier molecular flexibility index (Phi) is 4.66. The van der Waals surface area contributed by atoms with Gasteiger partial charge >= 0.3 is 0 Å². The van der Waals surface area contributed by atoms with Gasteiger partial charge in [0.15, 0.2) is 5.76 Å². The van der Waals surface area contributed by atoms with Gasteiger partial charge in [0.25, 0.3) is 0 Å². The Balaban J connectivity index is 1.17. The topological polar surface area (TPSA) is 58.0 Å². The molecule has 3 aromatic heterocycles. The summed E-state index contributed by atoms with van der Waals surface area (Å²) >= 11 is 1.76. The molecule has 0 aliphatic carbocycles. The summed E-state index contributed by atoms with van der Waals surface area (Å²) in [7, 11) is 0. The maximum Gasteiger partial charge on any atom is 0.154 e. The summed E-state index contributed by atoms with van der Waals surface area (Å²) < 4.78 is 6.02. The first kappa shape index (κ1) is 19.7. The highest BCUT2D eigenvalue weighted by Gasteiger charge is 2.35. The lowest BCUT2D eigenvalue weighted by atomic mass is 9.92. The predicted octanol–water partition coefficient (Wildman–Crippen LogP) is 6.55. The van der Waals surface area contributed by atoms with Gasteiger partial charge in [0.2, 0.25) is 0 Å². The van der Waals surface area contributed by atoms with Gasteiger partial charge in [-0.1, -0.05) is 30.3 Å². The molecule has 1 fully saturated rings. The molecule has 0 saturated carbocycles. The van der Waals surface area contributed by atoms with Crippen molar-refractivity contribution in [2.24, 2.45) is 0 Å². The third-order valence-corrected chi connectivity index (χ3v) is 7.81. The molecule has 0 radical (unpaired) electrons. The third-order valence-electron chi connectivity index (χ3n) is 6.80. The van der Waals surface area contributed by atoms with Crippen molar-refractivity contribution in [3.8, 4) is 11.5 Å². The largest absolute Gasteiger partial charge is 0.454 e. The number of likely N-dealkylation sites (tertiary alicyclic amines) is 1. The van der Waals surface area contributed by atoms with Crippen molar-refractivity contribution in [2.75, 3.05) is 13.1 Å². The Labute approximate surface area is 191 Å². The van der Waals surface area contributed by atoms with Gasteiger partial charge in [0.1, 0.15) is 17.1 Å². The van der Waals surface area contributed by atoms with Crippen LogP contribution in [0.15, 0.2) is 64.4 Å². The zero-order chi connectivity index (χ0) is 21.7. The van der Waals surface area contributed by atoms with Crippen LogP contribution in [-0.4, -0.2) is 32.9 Å². The molecular formula is C26H26N4OS. The van der Waals surface area contributed by atoms with E-state index in [-0.39, 0.29) is 5.54 Å². The number of hydrogen-bond donors (Lipinski definition) is 1. The van der Waals surface area contributed by atoms with E-state index >= 15 is 0 Å². The number of aromatic amines is 1. The normalized spacial score (nSPS) is 16.3. The number of H-pyrrole nitrogens is 1. The van der Waals surface area contributed by atoms with Crippen molar-refractivity contribution in [2.45, 2.75) is 38.1 Å². The molecule has 4 heterocycles. The first-order valence-electron chi connectivity index (χ1n) is 11.2. The number of hydrogen-bond acceptors (Lipinski definition) is 5. The van der Waals surface area contributed by atoms with Gasteiger partial charge in [-0.15, -0.1) is 11.3 Å². The van der Waals surface area contributed by atoms with Crippen molar-refractivity contribution in [3.63, 3.8) is 0 Å². The highest BCUT2D eigenvalue weighted by molar-refractivity contribution is 7.10. The van der Waals surface area contributed by atoms with E-state index in [4.69, 9.17) is 14.4 Å². The molecule has 1 aliphatic rings. The van der Waals surface area contributed by atoms with E-state index in [0.29, 0.717) is 5.92 Å². The Morgan fingerprint density at radius 2 is 1.81 bits per heavy atom. The minimum Gasteiger partial charge on any atom is -0.454 e. The highest BCUT2D eigenvalue weighted by Crippen LogP contribution is 2.38. The molecule has 0 bridgehead atoms. The summed E-state index contributed by atoms with van der Waals surface area (Å²) in [6.07, 6.45) is 2.22. The molecule has 32 heavy (non-hydrogen) atoms. The molecule has 0 atom stereocenters. The van der Waals surface area contributed by atoms with E-state index in [1.807, 2.05) is 24.3 Å². The van der Waals surface area contributed by atoms with Crippen molar-refractivity contribution in [1.29, 1.82) is 0 Å². The molecule has 5 nitrogen and oxygen atoms in total. The first-order chi connectivity index (χ1) is 15.6. The second-order valence-corrected chi connectivity index (χ2v) is 10.0. The smallest absolute Gasteiger partial charge is 0.154 e. The Hall–Kier alpha value is -2.96. The van der Waals surface area contributed by atoms with Crippen LogP contribution >= 0.6 is 11.3 Å². The second kappa shape index (κ2) is 7.57. The lowest BCUT2D eigenvalue weighted by Crippen LogP contribution is -2.46. The zero-order valence-corrected chi connectivity index (χ0v) is 19.2. The molecule has 1 saturated heterocycles. The van der Waals surface area contributed by atoms with Crippen molar-refractivity contribution < 1.29 is 4.42 Å². The van der Waals surface area contributed by atoms with Crippen LogP contribution in [0.5, 0.6) is 0 Å². The number of rotatable bonds is 4. The number of furan rings is 1. The molecule has 162 valence electrons. The van der Waals surface area contributed by atoms with Gasteiger partial charge in [-0.05, 0) is 64.0 Å². The fourth-order valence-electron chi connectivity index (χ4n) is 4.77. The standard InChI is InChI=1S/C26H26N4OS/c1-26(2,25-28-19-8-4-5-9-20(19)29-25)30-13-11-17(12-14-30)24-27-21(16-32-24)23-15-18-7-3-6-10-22(18)31-23/h3-10,15-17H,11-14H2,1-2H3,(H,28,29). The van der Waals surface area contributed by atoms with Crippen molar-refractivity contribution in [1.82, 2.24) is 19.9 Å². The molecule has 6 rings (SSSR count). The average molecular weight is 443 g/mol.